The van der Waals surface area contributed by atoms with Crippen LogP contribution in [-0.2, 0) is 10.0 Å². The first kappa shape index (κ1) is 16.2. The van der Waals surface area contributed by atoms with Crippen LogP contribution in [0, 0.1) is 19.8 Å². The Morgan fingerprint density at radius 1 is 0.913 bits per heavy atom. The molecule has 4 nitrogen and oxygen atoms in total. The zero-order chi connectivity index (χ0) is 16.8. The Morgan fingerprint density at radius 2 is 1.39 bits per heavy atom. The van der Waals surface area contributed by atoms with Gasteiger partial charge in [0.25, 0.3) is 0 Å². The van der Waals surface area contributed by atoms with Gasteiger partial charge >= 0.3 is 0 Å². The Bertz CT molecular complexity index is 797. The third-order valence-corrected chi connectivity index (χ3v) is 6.38. The molecule has 0 bridgehead atoms. The van der Waals surface area contributed by atoms with E-state index in [2.05, 4.69) is 0 Å². The third kappa shape index (κ3) is 2.69. The molecule has 1 aliphatic rings. The molecule has 23 heavy (non-hydrogen) atoms. The molecule has 3 rings (SSSR count). The van der Waals surface area contributed by atoms with Crippen LogP contribution in [0.1, 0.15) is 29.7 Å². The van der Waals surface area contributed by atoms with Gasteiger partial charge in [-0.2, -0.15) is 4.31 Å². The zero-order valence-corrected chi connectivity index (χ0v) is 14.3. The molecular formula is C18H21NO3S. The largest absolute Gasteiger partial charge is 0.377 e. The number of sulfonamides is 1. The highest BCUT2D eigenvalue weighted by Gasteiger charge is 2.52. The molecule has 0 aromatic heterocycles. The summed E-state index contributed by atoms with van der Waals surface area (Å²) in [5, 5.41) is 10.3. The van der Waals surface area contributed by atoms with E-state index in [1.165, 1.54) is 4.31 Å². The average Bonchev–Trinajstić information content (AvgIpc) is 2.53. The van der Waals surface area contributed by atoms with Crippen molar-refractivity contribution >= 4 is 10.0 Å². The summed E-state index contributed by atoms with van der Waals surface area (Å²) in [4.78, 5) is 0.214. The minimum Gasteiger partial charge on any atom is -0.377 e. The smallest absolute Gasteiger partial charge is 0.245 e. The van der Waals surface area contributed by atoms with Crippen molar-refractivity contribution in [3.63, 3.8) is 0 Å². The van der Waals surface area contributed by atoms with Gasteiger partial charge in [-0.15, -0.1) is 0 Å². The van der Waals surface area contributed by atoms with Crippen molar-refractivity contribution in [2.24, 2.45) is 5.92 Å². The molecule has 1 heterocycles. The highest BCUT2D eigenvalue weighted by molar-refractivity contribution is 7.89. The summed E-state index contributed by atoms with van der Waals surface area (Å²) >= 11 is 0. The van der Waals surface area contributed by atoms with Gasteiger partial charge in [-0.05, 0) is 31.5 Å². The summed E-state index contributed by atoms with van der Waals surface area (Å²) in [7, 11) is -3.73. The minimum absolute atomic E-state index is 0.141. The maximum Gasteiger partial charge on any atom is 0.245 e. The molecule has 0 amide bonds. The lowest BCUT2D eigenvalue weighted by Gasteiger charge is -2.50. The zero-order valence-electron chi connectivity index (χ0n) is 13.5. The average molecular weight is 331 g/mol. The Balaban J connectivity index is 1.99. The quantitative estimate of drug-likeness (QED) is 0.940. The molecule has 0 unspecified atom stereocenters. The maximum atomic E-state index is 12.9. The number of rotatable bonds is 3. The van der Waals surface area contributed by atoms with Gasteiger partial charge in [0.15, 0.2) is 0 Å². The van der Waals surface area contributed by atoms with Crippen LogP contribution >= 0.6 is 0 Å². The summed E-state index contributed by atoms with van der Waals surface area (Å²) in [6.45, 7) is 5.77. The van der Waals surface area contributed by atoms with Gasteiger partial charge in [0.05, 0.1) is 10.9 Å². The predicted molar refractivity (Wildman–Crippen MR) is 89.3 cm³/mol. The van der Waals surface area contributed by atoms with Gasteiger partial charge in [0, 0.05) is 5.92 Å². The van der Waals surface area contributed by atoms with Crippen LogP contribution in [0.15, 0.2) is 53.4 Å². The number of aryl methyl sites for hydroxylation is 2. The Hall–Kier alpha value is -1.69. The summed E-state index contributed by atoms with van der Waals surface area (Å²) in [5.74, 6) is -0.141. The standard InChI is InChI=1S/C18H21NO3S/c1-12-4-8-15(9-5-12)17-14(3)18(20)19(17)23(21,22)16-10-6-13(2)7-11-16/h4-11,14,17-18,20H,1-3H3/t14-,17+,18+/m1/s1. The van der Waals surface area contributed by atoms with Crippen LogP contribution in [0.2, 0.25) is 0 Å². The van der Waals surface area contributed by atoms with E-state index < -0.39 is 16.3 Å². The Kier molecular flexibility index (Phi) is 4.04. The topological polar surface area (TPSA) is 57.6 Å². The number of aliphatic hydroxyl groups is 1. The van der Waals surface area contributed by atoms with E-state index in [0.717, 1.165) is 16.7 Å². The normalized spacial score (nSPS) is 25.1. The monoisotopic (exact) mass is 331 g/mol. The van der Waals surface area contributed by atoms with Gasteiger partial charge in [0.1, 0.15) is 6.23 Å². The van der Waals surface area contributed by atoms with E-state index in [0.29, 0.717) is 0 Å². The fourth-order valence-electron chi connectivity index (χ4n) is 3.03. The SMILES string of the molecule is Cc1ccc([C@@H]2[C@@H](C)[C@H](O)N2S(=O)(=O)c2ccc(C)cc2)cc1. The van der Waals surface area contributed by atoms with Crippen LogP contribution in [0.25, 0.3) is 0 Å². The second-order valence-corrected chi connectivity index (χ2v) is 8.12. The van der Waals surface area contributed by atoms with Gasteiger partial charge in [-0.1, -0.05) is 54.4 Å². The van der Waals surface area contributed by atoms with Crippen LogP contribution in [0.5, 0.6) is 0 Å². The molecule has 122 valence electrons. The number of hydrogen-bond acceptors (Lipinski definition) is 3. The van der Waals surface area contributed by atoms with E-state index in [1.807, 2.05) is 45.0 Å². The molecule has 0 radical (unpaired) electrons. The number of nitrogens with zero attached hydrogens (tertiary/aromatic N) is 1. The molecule has 5 heteroatoms. The van der Waals surface area contributed by atoms with Crippen molar-refractivity contribution in [1.82, 2.24) is 4.31 Å². The lowest BCUT2D eigenvalue weighted by Crippen LogP contribution is -2.59. The highest BCUT2D eigenvalue weighted by Crippen LogP contribution is 2.46. The van der Waals surface area contributed by atoms with E-state index in [1.54, 1.807) is 24.3 Å². The van der Waals surface area contributed by atoms with Crippen molar-refractivity contribution in [2.75, 3.05) is 0 Å². The van der Waals surface area contributed by atoms with Gasteiger partial charge in [-0.3, -0.25) is 0 Å². The second kappa shape index (κ2) is 5.74. The first-order chi connectivity index (χ1) is 10.8. The van der Waals surface area contributed by atoms with Crippen LogP contribution in [-0.4, -0.2) is 24.1 Å². The summed E-state index contributed by atoms with van der Waals surface area (Å²) in [6, 6.07) is 14.2. The Morgan fingerprint density at radius 3 is 1.91 bits per heavy atom. The molecule has 2 aromatic carbocycles. The molecule has 1 fully saturated rings. The second-order valence-electron chi connectivity index (χ2n) is 6.28. The highest BCUT2D eigenvalue weighted by atomic mass is 32.2. The molecule has 0 aliphatic carbocycles. The molecule has 0 saturated carbocycles. The van der Waals surface area contributed by atoms with Crippen molar-refractivity contribution in [1.29, 1.82) is 0 Å². The number of benzene rings is 2. The molecule has 1 aliphatic heterocycles. The summed E-state index contributed by atoms with van der Waals surface area (Å²) in [6.07, 6.45) is -0.993. The molecule has 1 saturated heterocycles. The summed E-state index contributed by atoms with van der Waals surface area (Å²) < 4.78 is 27.0. The van der Waals surface area contributed by atoms with Gasteiger partial charge in [-0.25, -0.2) is 8.42 Å². The van der Waals surface area contributed by atoms with Crippen molar-refractivity contribution in [3.8, 4) is 0 Å². The van der Waals surface area contributed by atoms with Crippen LogP contribution in [0.3, 0.4) is 0 Å². The fraction of sp³-hybridized carbons (Fsp3) is 0.333. The number of hydrogen-bond donors (Lipinski definition) is 1. The van der Waals surface area contributed by atoms with E-state index in [-0.39, 0.29) is 16.9 Å². The van der Waals surface area contributed by atoms with Crippen molar-refractivity contribution in [3.05, 3.63) is 65.2 Å². The van der Waals surface area contributed by atoms with Gasteiger partial charge < -0.3 is 5.11 Å². The first-order valence-corrected chi connectivity index (χ1v) is 9.11. The molecule has 2 aromatic rings. The van der Waals surface area contributed by atoms with Crippen molar-refractivity contribution in [2.45, 2.75) is 37.9 Å². The molecule has 1 N–H and O–H groups in total. The first-order valence-electron chi connectivity index (χ1n) is 7.67. The lowest BCUT2D eigenvalue weighted by atomic mass is 9.85. The fourth-order valence-corrected chi connectivity index (χ4v) is 4.84. The lowest BCUT2D eigenvalue weighted by molar-refractivity contribution is -0.115. The third-order valence-electron chi connectivity index (χ3n) is 4.52. The van der Waals surface area contributed by atoms with E-state index >= 15 is 0 Å². The maximum absolute atomic E-state index is 12.9. The van der Waals surface area contributed by atoms with Gasteiger partial charge in [0.2, 0.25) is 10.0 Å². The molecular weight excluding hydrogens is 310 g/mol. The van der Waals surface area contributed by atoms with E-state index in [9.17, 15) is 13.5 Å². The predicted octanol–water partition coefficient (Wildman–Crippen LogP) is 3.00. The molecule has 3 atom stereocenters. The van der Waals surface area contributed by atoms with Crippen LogP contribution in [0.4, 0.5) is 0 Å². The summed E-state index contributed by atoms with van der Waals surface area (Å²) in [5.41, 5.74) is 3.02. The van der Waals surface area contributed by atoms with Crippen LogP contribution < -0.4 is 0 Å². The minimum atomic E-state index is -3.73. The molecule has 0 spiro atoms. The van der Waals surface area contributed by atoms with E-state index in [4.69, 9.17) is 0 Å². The van der Waals surface area contributed by atoms with Crippen molar-refractivity contribution < 1.29 is 13.5 Å². The number of aliphatic hydroxyl groups excluding tert-OH is 1. The Labute approximate surface area is 137 Å².